The zero-order chi connectivity index (χ0) is 18.4. The summed E-state index contributed by atoms with van der Waals surface area (Å²) in [6.07, 6.45) is 0.762. The molecule has 0 radical (unpaired) electrons. The van der Waals surface area contributed by atoms with Crippen molar-refractivity contribution in [1.82, 2.24) is 5.32 Å². The van der Waals surface area contributed by atoms with E-state index in [9.17, 15) is 9.90 Å². The topological polar surface area (TPSA) is 58.6 Å². The molecule has 0 saturated carbocycles. The summed E-state index contributed by atoms with van der Waals surface area (Å²) in [5.41, 5.74) is 1.95. The van der Waals surface area contributed by atoms with E-state index in [0.717, 1.165) is 27.6 Å². The first-order valence-electron chi connectivity index (χ1n) is 8.72. The first-order chi connectivity index (χ1) is 12.7. The Balaban J connectivity index is 1.80. The summed E-state index contributed by atoms with van der Waals surface area (Å²) in [6, 6.07) is 21.3. The number of hydrogen-bond donors (Lipinski definition) is 2. The van der Waals surface area contributed by atoms with Gasteiger partial charge < -0.3 is 15.2 Å². The number of amides is 1. The van der Waals surface area contributed by atoms with Gasteiger partial charge in [0.05, 0.1) is 19.6 Å². The third-order valence-electron chi connectivity index (χ3n) is 4.49. The van der Waals surface area contributed by atoms with E-state index in [-0.39, 0.29) is 25.0 Å². The molecule has 4 nitrogen and oxygen atoms in total. The first kappa shape index (κ1) is 18.0. The highest BCUT2D eigenvalue weighted by Crippen LogP contribution is 2.25. The van der Waals surface area contributed by atoms with Crippen LogP contribution in [0.2, 0.25) is 0 Å². The number of hydrogen-bond acceptors (Lipinski definition) is 3. The summed E-state index contributed by atoms with van der Waals surface area (Å²) >= 11 is 0. The van der Waals surface area contributed by atoms with E-state index < -0.39 is 0 Å². The van der Waals surface area contributed by atoms with Crippen LogP contribution in [0.25, 0.3) is 10.8 Å². The van der Waals surface area contributed by atoms with Crippen molar-refractivity contribution in [3.05, 3.63) is 77.9 Å². The second kappa shape index (κ2) is 8.50. The van der Waals surface area contributed by atoms with Crippen LogP contribution in [-0.2, 0) is 11.2 Å². The highest BCUT2D eigenvalue weighted by molar-refractivity contribution is 5.91. The molecular weight excluding hydrogens is 326 g/mol. The number of aliphatic hydroxyl groups excluding tert-OH is 1. The molecule has 0 fully saturated rings. The zero-order valence-corrected chi connectivity index (χ0v) is 14.8. The molecule has 0 aromatic heterocycles. The summed E-state index contributed by atoms with van der Waals surface area (Å²) < 4.78 is 5.31. The molecule has 4 heteroatoms. The highest BCUT2D eigenvalue weighted by atomic mass is 16.5. The van der Waals surface area contributed by atoms with Crippen molar-refractivity contribution >= 4 is 16.7 Å². The molecule has 3 rings (SSSR count). The molecule has 2 N–H and O–H groups in total. The van der Waals surface area contributed by atoms with Crippen LogP contribution >= 0.6 is 0 Å². The van der Waals surface area contributed by atoms with Crippen molar-refractivity contribution in [1.29, 1.82) is 0 Å². The monoisotopic (exact) mass is 349 g/mol. The Morgan fingerprint density at radius 3 is 2.62 bits per heavy atom. The van der Waals surface area contributed by atoms with Gasteiger partial charge in [-0.3, -0.25) is 4.79 Å². The molecule has 3 aromatic carbocycles. The normalized spacial score (nSPS) is 11.9. The number of fused-ring (bicyclic) bond motifs is 1. The van der Waals surface area contributed by atoms with Crippen molar-refractivity contribution < 1.29 is 14.6 Å². The van der Waals surface area contributed by atoms with E-state index in [4.69, 9.17) is 4.74 Å². The Hall–Kier alpha value is -2.85. The molecule has 26 heavy (non-hydrogen) atoms. The quantitative estimate of drug-likeness (QED) is 0.685. The lowest BCUT2D eigenvalue weighted by Gasteiger charge is -2.18. The Kier molecular flexibility index (Phi) is 5.87. The zero-order valence-electron chi connectivity index (χ0n) is 14.8. The standard InChI is InChI=1S/C22H23NO3/c1-26-19-11-10-16-8-5-9-18(20(16)15-19)14-22(25)23-21(12-13-24)17-6-3-2-4-7-17/h2-11,15,21,24H,12-14H2,1H3,(H,23,25). The molecule has 3 aromatic rings. The summed E-state index contributed by atoms with van der Waals surface area (Å²) in [6.45, 7) is 0.0192. The van der Waals surface area contributed by atoms with Crippen molar-refractivity contribution in [2.24, 2.45) is 0 Å². The van der Waals surface area contributed by atoms with Gasteiger partial charge in [0, 0.05) is 6.61 Å². The second-order valence-electron chi connectivity index (χ2n) is 6.22. The average molecular weight is 349 g/mol. The summed E-state index contributed by atoms with van der Waals surface area (Å²) in [7, 11) is 1.63. The molecular formula is C22H23NO3. The van der Waals surface area contributed by atoms with Gasteiger partial charge in [-0.1, -0.05) is 54.6 Å². The number of carbonyl (C=O) groups excluding carboxylic acids is 1. The third-order valence-corrected chi connectivity index (χ3v) is 4.49. The van der Waals surface area contributed by atoms with E-state index in [1.165, 1.54) is 0 Å². The lowest BCUT2D eigenvalue weighted by Crippen LogP contribution is -2.30. The molecule has 0 aliphatic rings. The summed E-state index contributed by atoms with van der Waals surface area (Å²) in [5, 5.41) is 14.5. The number of benzene rings is 3. The maximum Gasteiger partial charge on any atom is 0.224 e. The third kappa shape index (κ3) is 4.21. The van der Waals surface area contributed by atoms with Crippen molar-refractivity contribution in [3.8, 4) is 5.75 Å². The predicted octanol–water partition coefficient (Wildman–Crippen LogP) is 3.63. The van der Waals surface area contributed by atoms with Crippen LogP contribution in [0.5, 0.6) is 5.75 Å². The van der Waals surface area contributed by atoms with Crippen LogP contribution in [0.1, 0.15) is 23.6 Å². The average Bonchev–Trinajstić information content (AvgIpc) is 2.68. The van der Waals surface area contributed by atoms with Gasteiger partial charge in [0.25, 0.3) is 0 Å². The van der Waals surface area contributed by atoms with Crippen LogP contribution < -0.4 is 10.1 Å². The van der Waals surface area contributed by atoms with Crippen LogP contribution in [0.3, 0.4) is 0 Å². The van der Waals surface area contributed by atoms with Crippen LogP contribution in [0.4, 0.5) is 0 Å². The van der Waals surface area contributed by atoms with Gasteiger partial charge in [0.15, 0.2) is 0 Å². The molecule has 0 aliphatic carbocycles. The number of methoxy groups -OCH3 is 1. The first-order valence-corrected chi connectivity index (χ1v) is 8.72. The van der Waals surface area contributed by atoms with Gasteiger partial charge in [-0.25, -0.2) is 0 Å². The number of aliphatic hydroxyl groups is 1. The smallest absolute Gasteiger partial charge is 0.224 e. The van der Waals surface area contributed by atoms with Gasteiger partial charge in [-0.15, -0.1) is 0 Å². The molecule has 134 valence electrons. The predicted molar refractivity (Wildman–Crippen MR) is 103 cm³/mol. The van der Waals surface area contributed by atoms with E-state index in [0.29, 0.717) is 6.42 Å². The molecule has 1 amide bonds. The van der Waals surface area contributed by atoms with Gasteiger partial charge in [0.1, 0.15) is 5.75 Å². The minimum atomic E-state index is -0.196. The van der Waals surface area contributed by atoms with E-state index >= 15 is 0 Å². The maximum atomic E-state index is 12.6. The van der Waals surface area contributed by atoms with Gasteiger partial charge >= 0.3 is 0 Å². The Bertz CT molecular complexity index is 877. The molecule has 0 saturated heterocycles. The number of nitrogens with one attached hydrogen (secondary N) is 1. The summed E-state index contributed by atoms with van der Waals surface area (Å²) in [5.74, 6) is 0.704. The fourth-order valence-corrected chi connectivity index (χ4v) is 3.15. The molecule has 0 aliphatic heterocycles. The molecule has 0 bridgehead atoms. The van der Waals surface area contributed by atoms with Gasteiger partial charge in [-0.05, 0) is 40.5 Å². The highest BCUT2D eigenvalue weighted by Gasteiger charge is 2.15. The number of rotatable bonds is 7. The lowest BCUT2D eigenvalue weighted by molar-refractivity contribution is -0.121. The van der Waals surface area contributed by atoms with Gasteiger partial charge in [0.2, 0.25) is 5.91 Å². The maximum absolute atomic E-state index is 12.6. The van der Waals surface area contributed by atoms with Gasteiger partial charge in [-0.2, -0.15) is 0 Å². The van der Waals surface area contributed by atoms with Crippen molar-refractivity contribution in [2.75, 3.05) is 13.7 Å². The molecule has 0 heterocycles. The van der Waals surface area contributed by atoms with E-state index in [1.54, 1.807) is 7.11 Å². The Labute approximate surface area is 153 Å². The van der Waals surface area contributed by atoms with Crippen molar-refractivity contribution in [3.63, 3.8) is 0 Å². The van der Waals surface area contributed by atoms with E-state index in [2.05, 4.69) is 5.32 Å². The number of carbonyl (C=O) groups is 1. The summed E-state index contributed by atoms with van der Waals surface area (Å²) in [4.78, 5) is 12.6. The Morgan fingerprint density at radius 2 is 1.88 bits per heavy atom. The largest absolute Gasteiger partial charge is 0.497 e. The minimum absolute atomic E-state index is 0.0192. The second-order valence-corrected chi connectivity index (χ2v) is 6.22. The van der Waals surface area contributed by atoms with Crippen LogP contribution in [0.15, 0.2) is 66.7 Å². The molecule has 1 atom stereocenters. The Morgan fingerprint density at radius 1 is 1.08 bits per heavy atom. The minimum Gasteiger partial charge on any atom is -0.497 e. The van der Waals surface area contributed by atoms with E-state index in [1.807, 2.05) is 66.7 Å². The lowest BCUT2D eigenvalue weighted by atomic mass is 10.0. The number of ether oxygens (including phenoxy) is 1. The molecule has 0 spiro atoms. The SMILES string of the molecule is COc1ccc2cccc(CC(=O)NC(CCO)c3ccccc3)c2c1. The molecule has 1 unspecified atom stereocenters. The van der Waals surface area contributed by atoms with Crippen LogP contribution in [-0.4, -0.2) is 24.7 Å². The fourth-order valence-electron chi connectivity index (χ4n) is 3.15. The van der Waals surface area contributed by atoms with Crippen LogP contribution in [0, 0.1) is 0 Å². The fraction of sp³-hybridized carbons (Fsp3) is 0.227. The van der Waals surface area contributed by atoms with Crippen molar-refractivity contribution in [2.45, 2.75) is 18.9 Å².